The summed E-state index contributed by atoms with van der Waals surface area (Å²) in [6.45, 7) is 1.98. The lowest BCUT2D eigenvalue weighted by molar-refractivity contribution is 0.678. The van der Waals surface area contributed by atoms with Crippen LogP contribution in [0.1, 0.15) is 13.3 Å². The number of nitrogens with zero attached hydrogens (tertiary/aromatic N) is 3. The van der Waals surface area contributed by atoms with Crippen molar-refractivity contribution in [1.82, 2.24) is 19.8 Å². The van der Waals surface area contributed by atoms with Crippen molar-refractivity contribution < 1.29 is 4.21 Å². The predicted octanol–water partition coefficient (Wildman–Crippen LogP) is -0.0134. The highest BCUT2D eigenvalue weighted by Crippen LogP contribution is 2.06. The zero-order valence-corrected chi connectivity index (χ0v) is 11.0. The predicted molar refractivity (Wildman–Crippen MR) is 70.2 cm³/mol. The lowest BCUT2D eigenvalue weighted by atomic mass is 10.2. The third kappa shape index (κ3) is 2.95. The van der Waals surface area contributed by atoms with E-state index in [0.29, 0.717) is 17.2 Å². The minimum Gasteiger partial charge on any atom is -0.366 e. The van der Waals surface area contributed by atoms with Gasteiger partial charge in [-0.15, -0.1) is 5.10 Å². The number of anilines is 1. The van der Waals surface area contributed by atoms with Crippen molar-refractivity contribution in [3.05, 3.63) is 22.6 Å². The maximum absolute atomic E-state index is 11.3. The number of aromatic nitrogens is 4. The molecule has 0 aliphatic rings. The highest BCUT2D eigenvalue weighted by molar-refractivity contribution is 7.84. The second-order valence-corrected chi connectivity index (χ2v) is 5.68. The SMILES string of the molecule is CC(CCS(C)=O)Nc1ccc2n[nH]c(=O)n2n1. The van der Waals surface area contributed by atoms with Crippen molar-refractivity contribution in [2.45, 2.75) is 19.4 Å². The molecule has 0 spiro atoms. The topological polar surface area (TPSA) is 92.1 Å². The van der Waals surface area contributed by atoms with Gasteiger partial charge in [-0.2, -0.15) is 9.61 Å². The Labute approximate surface area is 106 Å². The molecule has 0 saturated carbocycles. The Balaban J connectivity index is 2.09. The zero-order chi connectivity index (χ0) is 13.1. The van der Waals surface area contributed by atoms with Crippen LogP contribution in [0.2, 0.25) is 0 Å². The maximum Gasteiger partial charge on any atom is 0.364 e. The van der Waals surface area contributed by atoms with Gasteiger partial charge in [0.2, 0.25) is 0 Å². The summed E-state index contributed by atoms with van der Waals surface area (Å²) in [6.07, 6.45) is 2.46. The monoisotopic (exact) mass is 269 g/mol. The second-order valence-electron chi connectivity index (χ2n) is 4.13. The molecular weight excluding hydrogens is 254 g/mol. The molecule has 0 saturated heterocycles. The minimum absolute atomic E-state index is 0.140. The van der Waals surface area contributed by atoms with Gasteiger partial charge in [0, 0.05) is 28.9 Å². The van der Waals surface area contributed by atoms with Gasteiger partial charge < -0.3 is 5.32 Å². The Bertz CT molecular complexity index is 620. The zero-order valence-electron chi connectivity index (χ0n) is 10.2. The van der Waals surface area contributed by atoms with Crippen LogP contribution in [0.4, 0.5) is 5.82 Å². The highest BCUT2D eigenvalue weighted by atomic mass is 32.2. The largest absolute Gasteiger partial charge is 0.366 e. The molecule has 2 unspecified atom stereocenters. The highest BCUT2D eigenvalue weighted by Gasteiger charge is 2.06. The van der Waals surface area contributed by atoms with Crippen molar-refractivity contribution in [3.8, 4) is 0 Å². The fourth-order valence-corrected chi connectivity index (χ4v) is 2.23. The van der Waals surface area contributed by atoms with E-state index < -0.39 is 10.8 Å². The standard InChI is InChI=1S/C10H15N5O2S/c1-7(5-6-18(2)17)11-8-3-4-9-12-13-10(16)15(9)14-8/h3-4,7H,5-6H2,1-2H3,(H,11,14)(H,13,16). The fourth-order valence-electron chi connectivity index (χ4n) is 1.55. The van der Waals surface area contributed by atoms with Crippen LogP contribution < -0.4 is 11.0 Å². The Morgan fingerprint density at radius 3 is 3.06 bits per heavy atom. The molecule has 0 amide bonds. The molecule has 0 aliphatic carbocycles. The average molecular weight is 269 g/mol. The van der Waals surface area contributed by atoms with Gasteiger partial charge in [-0.05, 0) is 25.5 Å². The third-order valence-electron chi connectivity index (χ3n) is 2.51. The number of hydrogen-bond donors (Lipinski definition) is 2. The molecule has 8 heteroatoms. The van der Waals surface area contributed by atoms with Crippen molar-refractivity contribution in [1.29, 1.82) is 0 Å². The van der Waals surface area contributed by atoms with Crippen LogP contribution >= 0.6 is 0 Å². The minimum atomic E-state index is -0.794. The summed E-state index contributed by atoms with van der Waals surface area (Å²) in [7, 11) is -0.794. The van der Waals surface area contributed by atoms with E-state index >= 15 is 0 Å². The molecule has 0 aromatic carbocycles. The van der Waals surface area contributed by atoms with Crippen molar-refractivity contribution in [2.24, 2.45) is 0 Å². The normalized spacial score (nSPS) is 14.6. The Morgan fingerprint density at radius 1 is 1.56 bits per heavy atom. The van der Waals surface area contributed by atoms with E-state index in [2.05, 4.69) is 20.6 Å². The van der Waals surface area contributed by atoms with E-state index in [0.717, 1.165) is 6.42 Å². The molecule has 7 nitrogen and oxygen atoms in total. The number of rotatable bonds is 5. The second kappa shape index (κ2) is 5.30. The molecule has 0 radical (unpaired) electrons. The lowest BCUT2D eigenvalue weighted by Crippen LogP contribution is -2.20. The quantitative estimate of drug-likeness (QED) is 0.796. The Morgan fingerprint density at radius 2 is 2.33 bits per heavy atom. The summed E-state index contributed by atoms with van der Waals surface area (Å²) in [4.78, 5) is 11.3. The van der Waals surface area contributed by atoms with Gasteiger partial charge in [-0.3, -0.25) is 4.21 Å². The Kier molecular flexibility index (Phi) is 3.75. The molecule has 2 rings (SSSR count). The fraction of sp³-hybridized carbons (Fsp3) is 0.500. The maximum atomic E-state index is 11.3. The first-order valence-corrected chi connectivity index (χ1v) is 7.30. The van der Waals surface area contributed by atoms with Crippen LogP contribution in [-0.2, 0) is 10.8 Å². The van der Waals surface area contributed by atoms with Gasteiger partial charge in [-0.25, -0.2) is 9.89 Å². The first kappa shape index (κ1) is 12.7. The molecule has 0 bridgehead atoms. The smallest absolute Gasteiger partial charge is 0.364 e. The first-order chi connectivity index (χ1) is 8.56. The summed E-state index contributed by atoms with van der Waals surface area (Å²) in [6, 6.07) is 3.61. The van der Waals surface area contributed by atoms with Crippen LogP contribution in [0.5, 0.6) is 0 Å². The van der Waals surface area contributed by atoms with Crippen molar-refractivity contribution >= 4 is 22.3 Å². The van der Waals surface area contributed by atoms with Gasteiger partial charge in [0.1, 0.15) is 5.82 Å². The van der Waals surface area contributed by atoms with E-state index in [1.807, 2.05) is 6.92 Å². The van der Waals surface area contributed by atoms with Gasteiger partial charge in [0.25, 0.3) is 0 Å². The van der Waals surface area contributed by atoms with E-state index in [1.54, 1.807) is 18.4 Å². The van der Waals surface area contributed by atoms with Crippen LogP contribution in [0, 0.1) is 0 Å². The summed E-state index contributed by atoms with van der Waals surface area (Å²) in [5, 5.41) is 13.4. The van der Waals surface area contributed by atoms with Crippen LogP contribution in [-0.4, -0.2) is 42.1 Å². The molecule has 2 heterocycles. The molecule has 0 aliphatic heterocycles. The Hall–Kier alpha value is -1.70. The lowest BCUT2D eigenvalue weighted by Gasteiger charge is -2.13. The number of H-pyrrole nitrogens is 1. The van der Waals surface area contributed by atoms with Crippen LogP contribution in [0.3, 0.4) is 0 Å². The summed E-state index contributed by atoms with van der Waals surface area (Å²) in [5.41, 5.74) is 0.115. The van der Waals surface area contributed by atoms with Gasteiger partial charge in [-0.1, -0.05) is 0 Å². The van der Waals surface area contributed by atoms with Crippen molar-refractivity contribution in [3.63, 3.8) is 0 Å². The molecule has 0 fully saturated rings. The molecule has 2 aromatic heterocycles. The molecule has 98 valence electrons. The summed E-state index contributed by atoms with van der Waals surface area (Å²) in [5.74, 6) is 1.24. The van der Waals surface area contributed by atoms with Gasteiger partial charge in [0.15, 0.2) is 5.65 Å². The van der Waals surface area contributed by atoms with Crippen molar-refractivity contribution in [2.75, 3.05) is 17.3 Å². The van der Waals surface area contributed by atoms with Gasteiger partial charge in [0.05, 0.1) is 0 Å². The van der Waals surface area contributed by atoms with E-state index in [4.69, 9.17) is 0 Å². The summed E-state index contributed by atoms with van der Waals surface area (Å²) < 4.78 is 12.2. The first-order valence-electron chi connectivity index (χ1n) is 5.57. The number of aromatic amines is 1. The molecule has 18 heavy (non-hydrogen) atoms. The molecule has 2 aromatic rings. The van der Waals surface area contributed by atoms with Gasteiger partial charge >= 0.3 is 5.69 Å². The molecular formula is C10H15N5O2S. The molecule has 2 N–H and O–H groups in total. The third-order valence-corrected chi connectivity index (χ3v) is 3.32. The molecule has 2 atom stereocenters. The van der Waals surface area contributed by atoms with E-state index in [-0.39, 0.29) is 11.7 Å². The number of hydrogen-bond acceptors (Lipinski definition) is 5. The summed E-state index contributed by atoms with van der Waals surface area (Å²) >= 11 is 0. The van der Waals surface area contributed by atoms with E-state index in [1.165, 1.54) is 4.52 Å². The van der Waals surface area contributed by atoms with E-state index in [9.17, 15) is 9.00 Å². The number of fused-ring (bicyclic) bond motifs is 1. The van der Waals surface area contributed by atoms with Crippen LogP contribution in [0.25, 0.3) is 5.65 Å². The van der Waals surface area contributed by atoms with Crippen LogP contribution in [0.15, 0.2) is 16.9 Å². The number of nitrogens with one attached hydrogen (secondary N) is 2. The average Bonchev–Trinajstić information content (AvgIpc) is 2.69.